The van der Waals surface area contributed by atoms with Gasteiger partial charge < -0.3 is 4.74 Å². The zero-order valence-electron chi connectivity index (χ0n) is 10.8. The molecule has 0 radical (unpaired) electrons. The fourth-order valence-electron chi connectivity index (χ4n) is 1.58. The molecule has 0 N–H and O–H groups in total. The Bertz CT molecular complexity index is 526. The largest absolute Gasteiger partial charge is 0.462 e. The van der Waals surface area contributed by atoms with Gasteiger partial charge in [-0.1, -0.05) is 22.0 Å². The maximum Gasteiger partial charge on any atom is 0.417 e. The van der Waals surface area contributed by atoms with Gasteiger partial charge in [0, 0.05) is 0 Å². The Kier molecular flexibility index (Phi) is 5.33. The van der Waals surface area contributed by atoms with Crippen LogP contribution in [-0.2, 0) is 15.7 Å². The van der Waals surface area contributed by atoms with Gasteiger partial charge in [0.1, 0.15) is 5.78 Å². The Morgan fingerprint density at radius 2 is 1.95 bits per heavy atom. The van der Waals surface area contributed by atoms with Crippen LogP contribution in [0.15, 0.2) is 18.2 Å². The Morgan fingerprint density at radius 3 is 2.40 bits per heavy atom. The first-order valence-corrected chi connectivity index (χ1v) is 6.62. The quantitative estimate of drug-likeness (QED) is 0.609. The number of ketones is 1. The highest BCUT2D eigenvalue weighted by molar-refractivity contribution is 9.09. The van der Waals surface area contributed by atoms with Crippen LogP contribution in [0.25, 0.3) is 0 Å². The van der Waals surface area contributed by atoms with E-state index in [2.05, 4.69) is 20.7 Å². The molecule has 1 aromatic rings. The van der Waals surface area contributed by atoms with Crippen molar-refractivity contribution in [2.45, 2.75) is 24.9 Å². The molecule has 0 aliphatic heterocycles. The van der Waals surface area contributed by atoms with Gasteiger partial charge in [0.25, 0.3) is 0 Å². The lowest BCUT2D eigenvalue weighted by Crippen LogP contribution is -2.16. The number of hydrogen-bond donors (Lipinski definition) is 0. The highest BCUT2D eigenvalue weighted by Crippen LogP contribution is 2.35. The topological polar surface area (TPSA) is 43.4 Å². The molecule has 0 aromatic heterocycles. The summed E-state index contributed by atoms with van der Waals surface area (Å²) in [5.74, 6) is -1.34. The van der Waals surface area contributed by atoms with Gasteiger partial charge in [0.2, 0.25) is 0 Å². The van der Waals surface area contributed by atoms with Crippen molar-refractivity contribution in [2.24, 2.45) is 0 Å². The fraction of sp³-hybridized carbons (Fsp3) is 0.385. The van der Waals surface area contributed by atoms with Gasteiger partial charge >= 0.3 is 12.1 Å². The van der Waals surface area contributed by atoms with Crippen molar-refractivity contribution < 1.29 is 27.5 Å². The van der Waals surface area contributed by atoms with E-state index in [0.717, 1.165) is 18.2 Å². The molecule has 0 aliphatic carbocycles. The molecule has 0 aliphatic rings. The van der Waals surface area contributed by atoms with E-state index in [1.165, 1.54) is 13.8 Å². The summed E-state index contributed by atoms with van der Waals surface area (Å²) in [5.41, 5.74) is -1.40. The number of rotatable bonds is 4. The van der Waals surface area contributed by atoms with E-state index >= 15 is 0 Å². The van der Waals surface area contributed by atoms with E-state index in [-0.39, 0.29) is 18.0 Å². The van der Waals surface area contributed by atoms with Crippen molar-refractivity contribution in [1.82, 2.24) is 0 Å². The third-order valence-electron chi connectivity index (χ3n) is 2.49. The lowest BCUT2D eigenvalue weighted by molar-refractivity contribution is -0.138. The van der Waals surface area contributed by atoms with Gasteiger partial charge in [-0.25, -0.2) is 4.79 Å². The molecule has 0 bridgehead atoms. The molecule has 1 unspecified atom stereocenters. The average molecular weight is 353 g/mol. The highest BCUT2D eigenvalue weighted by Gasteiger charge is 2.36. The normalized spacial score (nSPS) is 12.9. The van der Waals surface area contributed by atoms with Crippen LogP contribution >= 0.6 is 15.9 Å². The Labute approximate surface area is 122 Å². The summed E-state index contributed by atoms with van der Waals surface area (Å²) in [6, 6.07) is 2.97. The summed E-state index contributed by atoms with van der Waals surface area (Å²) in [4.78, 5) is 22.1. The van der Waals surface area contributed by atoms with Gasteiger partial charge in [0.15, 0.2) is 0 Å². The predicted octanol–water partition coefficient (Wildman–Crippen LogP) is 3.91. The summed E-state index contributed by atoms with van der Waals surface area (Å²) >= 11 is 3.06. The van der Waals surface area contributed by atoms with E-state index in [4.69, 9.17) is 0 Å². The predicted molar refractivity (Wildman–Crippen MR) is 69.7 cm³/mol. The number of hydrogen-bond acceptors (Lipinski definition) is 3. The van der Waals surface area contributed by atoms with Crippen LogP contribution in [0.1, 0.15) is 40.2 Å². The Morgan fingerprint density at radius 1 is 1.35 bits per heavy atom. The Balaban J connectivity index is 3.36. The van der Waals surface area contributed by atoms with Crippen LogP contribution in [-0.4, -0.2) is 18.4 Å². The molecular formula is C13H12BrF3O3. The van der Waals surface area contributed by atoms with Crippen molar-refractivity contribution in [3.05, 3.63) is 34.9 Å². The molecule has 1 atom stereocenters. The molecule has 3 nitrogen and oxygen atoms in total. The molecule has 20 heavy (non-hydrogen) atoms. The minimum absolute atomic E-state index is 0.0369. The van der Waals surface area contributed by atoms with Crippen molar-refractivity contribution in [2.75, 3.05) is 6.61 Å². The first kappa shape index (κ1) is 16.7. The maximum atomic E-state index is 12.9. The molecule has 0 fully saturated rings. The number of ether oxygens (including phenoxy) is 1. The summed E-state index contributed by atoms with van der Waals surface area (Å²) < 4.78 is 43.2. The first-order chi connectivity index (χ1) is 9.18. The second-order valence-corrected chi connectivity index (χ2v) is 4.91. The smallest absolute Gasteiger partial charge is 0.417 e. The van der Waals surface area contributed by atoms with Crippen molar-refractivity contribution >= 4 is 27.7 Å². The average Bonchev–Trinajstić information content (AvgIpc) is 2.36. The molecule has 1 aromatic carbocycles. The second kappa shape index (κ2) is 6.39. The number of Topliss-reactive ketones (excluding diaryl/α,β-unsaturated/α-hetero) is 1. The number of benzene rings is 1. The van der Waals surface area contributed by atoms with Crippen LogP contribution in [0, 0.1) is 0 Å². The molecule has 0 saturated carbocycles. The van der Waals surface area contributed by atoms with E-state index in [0.29, 0.717) is 0 Å². The van der Waals surface area contributed by atoms with Gasteiger partial charge in [-0.15, -0.1) is 0 Å². The number of esters is 1. The van der Waals surface area contributed by atoms with Gasteiger partial charge in [-0.05, 0) is 31.5 Å². The molecule has 0 amide bonds. The van der Waals surface area contributed by atoms with Crippen LogP contribution in [0.4, 0.5) is 13.2 Å². The van der Waals surface area contributed by atoms with Crippen molar-refractivity contribution in [3.8, 4) is 0 Å². The van der Waals surface area contributed by atoms with E-state index < -0.39 is 28.1 Å². The van der Waals surface area contributed by atoms with Crippen molar-refractivity contribution in [1.29, 1.82) is 0 Å². The van der Waals surface area contributed by atoms with E-state index in [1.54, 1.807) is 0 Å². The van der Waals surface area contributed by atoms with Gasteiger partial charge in [0.05, 0.1) is 22.6 Å². The molecule has 0 heterocycles. The van der Waals surface area contributed by atoms with Crippen LogP contribution in [0.3, 0.4) is 0 Å². The number of carbonyl (C=O) groups excluding carboxylic acids is 2. The SMILES string of the molecule is CCOC(=O)c1cc(C(Br)C(C)=O)ccc1C(F)(F)F. The minimum Gasteiger partial charge on any atom is -0.462 e. The Hall–Kier alpha value is -1.37. The van der Waals surface area contributed by atoms with Crippen molar-refractivity contribution in [3.63, 3.8) is 0 Å². The molecule has 7 heteroatoms. The van der Waals surface area contributed by atoms with Gasteiger partial charge in [-0.2, -0.15) is 13.2 Å². The van der Waals surface area contributed by atoms with Crippen LogP contribution < -0.4 is 0 Å². The summed E-state index contributed by atoms with van der Waals surface area (Å²) in [6.45, 7) is 2.75. The first-order valence-electron chi connectivity index (χ1n) is 5.71. The summed E-state index contributed by atoms with van der Waals surface area (Å²) in [6.07, 6.45) is -4.67. The lowest BCUT2D eigenvalue weighted by Gasteiger charge is -2.15. The molecule has 110 valence electrons. The molecule has 0 spiro atoms. The highest BCUT2D eigenvalue weighted by atomic mass is 79.9. The van der Waals surface area contributed by atoms with Crippen LogP contribution in [0.5, 0.6) is 0 Å². The third kappa shape index (κ3) is 3.82. The standard InChI is InChI=1S/C13H12BrF3O3/c1-3-20-12(19)9-6-8(11(14)7(2)18)4-5-10(9)13(15,16)17/h4-6,11H,3H2,1-2H3. The zero-order valence-corrected chi connectivity index (χ0v) is 12.3. The number of halogens is 4. The van der Waals surface area contributed by atoms with Gasteiger partial charge in [-0.3, -0.25) is 4.79 Å². The minimum atomic E-state index is -4.67. The molecule has 1 rings (SSSR count). The summed E-state index contributed by atoms with van der Waals surface area (Å²) in [5, 5.41) is 0. The zero-order chi connectivity index (χ0) is 15.5. The number of alkyl halides is 4. The van der Waals surface area contributed by atoms with E-state index in [9.17, 15) is 22.8 Å². The summed E-state index contributed by atoms with van der Waals surface area (Å²) in [7, 11) is 0. The molecular weight excluding hydrogens is 341 g/mol. The van der Waals surface area contributed by atoms with E-state index in [1.807, 2.05) is 0 Å². The fourth-order valence-corrected chi connectivity index (χ4v) is 1.86. The number of carbonyl (C=O) groups is 2. The maximum absolute atomic E-state index is 12.9. The molecule has 0 saturated heterocycles. The lowest BCUT2D eigenvalue weighted by atomic mass is 10.0. The van der Waals surface area contributed by atoms with Crippen LogP contribution in [0.2, 0.25) is 0 Å². The second-order valence-electron chi connectivity index (χ2n) is 4.00. The third-order valence-corrected chi connectivity index (χ3v) is 3.67. The monoisotopic (exact) mass is 352 g/mol.